The molecule has 5 rings (SSSR count). The van der Waals surface area contributed by atoms with Crippen LogP contribution in [0.3, 0.4) is 0 Å². The molecule has 20 heavy (non-hydrogen) atoms. The SMILES string of the molecule is O=C1OC23C[C@@H]1C[C@H]1C[C@@H](O)[C@@H]4CCCN2CCC[C@]143. The molecule has 0 aromatic carbocycles. The highest BCUT2D eigenvalue weighted by Crippen LogP contribution is 2.70. The zero-order valence-corrected chi connectivity index (χ0v) is 11.9. The van der Waals surface area contributed by atoms with Gasteiger partial charge in [0.1, 0.15) is 0 Å². The Kier molecular flexibility index (Phi) is 2.15. The highest BCUT2D eigenvalue weighted by Gasteiger charge is 2.75. The third-order valence-corrected chi connectivity index (χ3v) is 7.28. The number of carbonyl (C=O) groups is 1. The summed E-state index contributed by atoms with van der Waals surface area (Å²) < 4.78 is 6.12. The van der Waals surface area contributed by atoms with E-state index in [-0.39, 0.29) is 29.1 Å². The third-order valence-electron chi connectivity index (χ3n) is 7.28. The Morgan fingerprint density at radius 3 is 3.00 bits per heavy atom. The lowest BCUT2D eigenvalue weighted by Crippen LogP contribution is -2.67. The molecule has 0 aromatic rings. The molecule has 0 radical (unpaired) electrons. The van der Waals surface area contributed by atoms with Crippen molar-refractivity contribution >= 4 is 5.97 Å². The van der Waals surface area contributed by atoms with Crippen molar-refractivity contribution in [2.45, 2.75) is 56.8 Å². The molecule has 2 unspecified atom stereocenters. The summed E-state index contributed by atoms with van der Waals surface area (Å²) in [4.78, 5) is 14.8. The summed E-state index contributed by atoms with van der Waals surface area (Å²) in [6, 6.07) is 0. The van der Waals surface area contributed by atoms with Crippen molar-refractivity contribution in [2.75, 3.05) is 13.1 Å². The molecule has 0 aromatic heterocycles. The zero-order chi connectivity index (χ0) is 13.5. The second-order valence-electron chi connectivity index (χ2n) is 7.72. The first-order chi connectivity index (χ1) is 9.67. The Morgan fingerprint density at radius 1 is 1.25 bits per heavy atom. The standard InChI is InChI=1S/C16H23NO3/c18-13-8-11-7-10-9-16(20-14(10)19)15(11)4-2-6-17(16)5-1-3-12(13)15/h10-13,18H,1-9H2/t10-,11-,12-,13+,15-,16?/m0/s1. The largest absolute Gasteiger partial charge is 0.443 e. The van der Waals surface area contributed by atoms with E-state index in [0.717, 1.165) is 51.6 Å². The third kappa shape index (κ3) is 1.09. The number of esters is 1. The van der Waals surface area contributed by atoms with Crippen molar-refractivity contribution in [3.63, 3.8) is 0 Å². The molecule has 3 heterocycles. The second-order valence-corrected chi connectivity index (χ2v) is 7.72. The van der Waals surface area contributed by atoms with Crippen molar-refractivity contribution in [1.82, 2.24) is 4.90 Å². The molecule has 2 saturated carbocycles. The van der Waals surface area contributed by atoms with Gasteiger partial charge in [0.05, 0.1) is 12.0 Å². The summed E-state index contributed by atoms with van der Waals surface area (Å²) in [5.74, 6) is 0.983. The second kappa shape index (κ2) is 3.58. The summed E-state index contributed by atoms with van der Waals surface area (Å²) in [6.45, 7) is 2.11. The van der Waals surface area contributed by atoms with Gasteiger partial charge in [0.25, 0.3) is 0 Å². The summed E-state index contributed by atoms with van der Waals surface area (Å²) >= 11 is 0. The van der Waals surface area contributed by atoms with Crippen LogP contribution >= 0.6 is 0 Å². The van der Waals surface area contributed by atoms with Gasteiger partial charge >= 0.3 is 5.97 Å². The topological polar surface area (TPSA) is 49.8 Å². The molecule has 110 valence electrons. The van der Waals surface area contributed by atoms with Crippen molar-refractivity contribution in [3.05, 3.63) is 0 Å². The van der Waals surface area contributed by atoms with Gasteiger partial charge in [-0.1, -0.05) is 0 Å². The number of carbonyl (C=O) groups excluding carboxylic acids is 1. The van der Waals surface area contributed by atoms with Gasteiger partial charge in [-0.3, -0.25) is 9.69 Å². The van der Waals surface area contributed by atoms with E-state index in [9.17, 15) is 9.90 Å². The average molecular weight is 277 g/mol. The van der Waals surface area contributed by atoms with E-state index in [4.69, 9.17) is 4.74 Å². The van der Waals surface area contributed by atoms with Gasteiger partial charge in [0.2, 0.25) is 0 Å². The minimum Gasteiger partial charge on any atom is -0.443 e. The lowest BCUT2D eigenvalue weighted by Gasteiger charge is -2.59. The molecular formula is C16H23NO3. The molecule has 2 aliphatic carbocycles. The maximum atomic E-state index is 12.3. The molecule has 3 saturated heterocycles. The minimum atomic E-state index is -0.353. The fraction of sp³-hybridized carbons (Fsp3) is 0.938. The quantitative estimate of drug-likeness (QED) is 0.682. The number of nitrogens with zero attached hydrogens (tertiary/aromatic N) is 1. The zero-order valence-electron chi connectivity index (χ0n) is 11.9. The van der Waals surface area contributed by atoms with Crippen LogP contribution in [-0.2, 0) is 9.53 Å². The Bertz CT molecular complexity index is 480. The van der Waals surface area contributed by atoms with Crippen molar-refractivity contribution in [3.8, 4) is 0 Å². The van der Waals surface area contributed by atoms with E-state index >= 15 is 0 Å². The fourth-order valence-corrected chi connectivity index (χ4v) is 6.80. The summed E-state index contributed by atoms with van der Waals surface area (Å²) in [7, 11) is 0. The molecule has 4 heteroatoms. The normalized spacial score (nSPS) is 59.9. The van der Waals surface area contributed by atoms with Gasteiger partial charge in [0, 0.05) is 24.9 Å². The van der Waals surface area contributed by atoms with Gasteiger partial charge in [-0.25, -0.2) is 0 Å². The van der Waals surface area contributed by atoms with Crippen molar-refractivity contribution in [1.29, 1.82) is 0 Å². The average Bonchev–Trinajstić information content (AvgIpc) is 2.82. The molecule has 3 aliphatic heterocycles. The van der Waals surface area contributed by atoms with E-state index in [1.165, 1.54) is 6.42 Å². The van der Waals surface area contributed by atoms with Gasteiger partial charge in [-0.2, -0.15) is 0 Å². The summed E-state index contributed by atoms with van der Waals surface area (Å²) in [6.07, 6.45) is 7.17. The summed E-state index contributed by atoms with van der Waals surface area (Å²) in [5.41, 5.74) is -0.293. The highest BCUT2D eigenvalue weighted by molar-refractivity contribution is 5.76. The number of rotatable bonds is 0. The first kappa shape index (κ1) is 12.0. The van der Waals surface area contributed by atoms with Crippen LogP contribution in [-0.4, -0.2) is 40.9 Å². The van der Waals surface area contributed by atoms with E-state index in [2.05, 4.69) is 4.90 Å². The maximum absolute atomic E-state index is 12.3. The Balaban J connectivity index is 1.74. The smallest absolute Gasteiger partial charge is 0.310 e. The molecule has 5 aliphatic rings. The number of aliphatic hydroxyl groups excluding tert-OH is 1. The molecule has 0 amide bonds. The van der Waals surface area contributed by atoms with Gasteiger partial charge in [0.15, 0.2) is 5.72 Å². The molecule has 1 N–H and O–H groups in total. The molecule has 5 fully saturated rings. The van der Waals surface area contributed by atoms with Crippen LogP contribution in [0, 0.1) is 23.2 Å². The molecule has 4 nitrogen and oxygen atoms in total. The molecule has 2 spiro atoms. The predicted molar refractivity (Wildman–Crippen MR) is 71.6 cm³/mol. The number of ether oxygens (including phenoxy) is 1. The Hall–Kier alpha value is -0.610. The number of aliphatic hydroxyl groups is 1. The predicted octanol–water partition coefficient (Wildman–Crippen LogP) is 1.52. The minimum absolute atomic E-state index is 0.0424. The van der Waals surface area contributed by atoms with Gasteiger partial charge in [-0.15, -0.1) is 0 Å². The van der Waals surface area contributed by atoms with Crippen LogP contribution in [0.2, 0.25) is 0 Å². The van der Waals surface area contributed by atoms with Crippen LogP contribution in [0.25, 0.3) is 0 Å². The molecule has 4 bridgehead atoms. The van der Waals surface area contributed by atoms with E-state index in [1.807, 2.05) is 0 Å². The maximum Gasteiger partial charge on any atom is 0.310 e. The number of hydrogen-bond acceptors (Lipinski definition) is 4. The van der Waals surface area contributed by atoms with Crippen LogP contribution in [0.4, 0.5) is 0 Å². The lowest BCUT2D eigenvalue weighted by atomic mass is 9.54. The van der Waals surface area contributed by atoms with E-state index < -0.39 is 0 Å². The van der Waals surface area contributed by atoms with Gasteiger partial charge < -0.3 is 9.84 Å². The van der Waals surface area contributed by atoms with Crippen LogP contribution in [0.15, 0.2) is 0 Å². The first-order valence-corrected chi connectivity index (χ1v) is 8.33. The lowest BCUT2D eigenvalue weighted by molar-refractivity contribution is -0.245. The molecule has 7 atom stereocenters. The Labute approximate surface area is 119 Å². The fourth-order valence-electron chi connectivity index (χ4n) is 6.80. The monoisotopic (exact) mass is 277 g/mol. The van der Waals surface area contributed by atoms with E-state index in [1.54, 1.807) is 0 Å². The Morgan fingerprint density at radius 2 is 2.10 bits per heavy atom. The highest BCUT2D eigenvalue weighted by atomic mass is 16.6. The number of piperidine rings is 1. The number of hydrogen-bond donors (Lipinski definition) is 1. The van der Waals surface area contributed by atoms with Crippen LogP contribution in [0.5, 0.6) is 0 Å². The summed E-state index contributed by atoms with van der Waals surface area (Å²) in [5, 5.41) is 10.6. The van der Waals surface area contributed by atoms with Crippen LogP contribution < -0.4 is 0 Å². The first-order valence-electron chi connectivity index (χ1n) is 8.33. The van der Waals surface area contributed by atoms with E-state index in [0.29, 0.717) is 11.8 Å². The number of fused-ring (bicyclic) bond motifs is 1. The molecular weight excluding hydrogens is 254 g/mol. The van der Waals surface area contributed by atoms with Gasteiger partial charge in [-0.05, 0) is 50.4 Å². The van der Waals surface area contributed by atoms with Crippen molar-refractivity contribution < 1.29 is 14.6 Å². The van der Waals surface area contributed by atoms with Crippen molar-refractivity contribution in [2.24, 2.45) is 23.2 Å². The van der Waals surface area contributed by atoms with Crippen LogP contribution in [0.1, 0.15) is 44.9 Å².